The van der Waals surface area contributed by atoms with Gasteiger partial charge in [-0.05, 0) is 24.0 Å². The zero-order chi connectivity index (χ0) is 11.8. The van der Waals surface area contributed by atoms with Gasteiger partial charge in [-0.2, -0.15) is 0 Å². The summed E-state index contributed by atoms with van der Waals surface area (Å²) in [4.78, 5) is 12.5. The minimum Gasteiger partial charge on any atom is -0.466 e. The highest BCUT2D eigenvalue weighted by atomic mass is 32.2. The molecule has 16 heavy (non-hydrogen) atoms. The number of benzene rings is 1. The Morgan fingerprint density at radius 1 is 1.44 bits per heavy atom. The summed E-state index contributed by atoms with van der Waals surface area (Å²) in [5.74, 6) is -0.302. The summed E-state index contributed by atoms with van der Waals surface area (Å²) in [5, 5.41) is 1.81. The van der Waals surface area contributed by atoms with Crippen LogP contribution in [0.2, 0.25) is 0 Å². The van der Waals surface area contributed by atoms with Crippen LogP contribution in [0, 0.1) is 0 Å². The molecule has 0 aliphatic carbocycles. The molecule has 1 aromatic carbocycles. The first-order valence-corrected chi connectivity index (χ1v) is 5.76. The lowest BCUT2D eigenvalue weighted by molar-refractivity contribution is -0.136. The summed E-state index contributed by atoms with van der Waals surface area (Å²) < 4.78 is 4.68. The number of carbonyl (C=O) groups excluding carboxylic acids is 1. The van der Waals surface area contributed by atoms with Gasteiger partial charge < -0.3 is 4.74 Å². The predicted molar refractivity (Wildman–Crippen MR) is 67.2 cm³/mol. The van der Waals surface area contributed by atoms with Crippen molar-refractivity contribution in [2.75, 3.05) is 7.11 Å². The van der Waals surface area contributed by atoms with Gasteiger partial charge in [-0.15, -0.1) is 6.58 Å². The number of allylic oxidation sites excluding steroid dienone is 1. The molecule has 0 unspecified atom stereocenters. The van der Waals surface area contributed by atoms with E-state index in [0.717, 1.165) is 4.90 Å². The molecule has 0 aliphatic heterocycles. The lowest BCUT2D eigenvalue weighted by Crippen LogP contribution is -2.03. The SMILES string of the molecule is C=CC/C(=C/Sc1ccccc1)C(=O)OC. The van der Waals surface area contributed by atoms with Gasteiger partial charge in [-0.25, -0.2) is 4.79 Å². The van der Waals surface area contributed by atoms with E-state index in [9.17, 15) is 4.79 Å². The van der Waals surface area contributed by atoms with Gasteiger partial charge in [0, 0.05) is 10.5 Å². The van der Waals surface area contributed by atoms with Crippen molar-refractivity contribution < 1.29 is 9.53 Å². The van der Waals surface area contributed by atoms with Crippen molar-refractivity contribution in [2.45, 2.75) is 11.3 Å². The first-order chi connectivity index (χ1) is 7.77. The summed E-state index contributed by atoms with van der Waals surface area (Å²) >= 11 is 1.50. The lowest BCUT2D eigenvalue weighted by Gasteiger charge is -2.02. The average Bonchev–Trinajstić information content (AvgIpc) is 2.34. The second-order valence-corrected chi connectivity index (χ2v) is 4.00. The molecule has 0 aliphatic rings. The summed E-state index contributed by atoms with van der Waals surface area (Å²) in [6, 6.07) is 9.86. The van der Waals surface area contributed by atoms with Crippen molar-refractivity contribution in [3.8, 4) is 0 Å². The van der Waals surface area contributed by atoms with Crippen LogP contribution < -0.4 is 0 Å². The maximum absolute atomic E-state index is 11.4. The maximum atomic E-state index is 11.4. The van der Waals surface area contributed by atoms with Crippen LogP contribution in [0.25, 0.3) is 0 Å². The van der Waals surface area contributed by atoms with Crippen molar-refractivity contribution >= 4 is 17.7 Å². The van der Waals surface area contributed by atoms with E-state index in [1.54, 1.807) is 6.08 Å². The van der Waals surface area contributed by atoms with Crippen LogP contribution in [0.5, 0.6) is 0 Å². The highest BCUT2D eigenvalue weighted by Crippen LogP contribution is 2.21. The second-order valence-electron chi connectivity index (χ2n) is 3.06. The van der Waals surface area contributed by atoms with Crippen molar-refractivity contribution in [1.82, 2.24) is 0 Å². The number of methoxy groups -OCH3 is 1. The molecule has 2 nitrogen and oxygen atoms in total. The van der Waals surface area contributed by atoms with Gasteiger partial charge in [0.25, 0.3) is 0 Å². The fraction of sp³-hybridized carbons (Fsp3) is 0.154. The molecule has 0 bridgehead atoms. The van der Waals surface area contributed by atoms with E-state index in [4.69, 9.17) is 0 Å². The molecule has 0 N–H and O–H groups in total. The summed E-state index contributed by atoms with van der Waals surface area (Å²) in [6.07, 6.45) is 2.21. The van der Waals surface area contributed by atoms with Crippen molar-refractivity contribution in [1.29, 1.82) is 0 Å². The molecule has 0 saturated heterocycles. The van der Waals surface area contributed by atoms with E-state index in [-0.39, 0.29) is 5.97 Å². The Morgan fingerprint density at radius 2 is 2.12 bits per heavy atom. The number of carbonyl (C=O) groups is 1. The van der Waals surface area contributed by atoms with Crippen molar-refractivity contribution in [3.63, 3.8) is 0 Å². The topological polar surface area (TPSA) is 26.3 Å². The molecular formula is C13H14O2S. The Hall–Kier alpha value is -1.48. The average molecular weight is 234 g/mol. The Morgan fingerprint density at radius 3 is 2.69 bits per heavy atom. The number of esters is 1. The predicted octanol–water partition coefficient (Wildman–Crippen LogP) is 3.41. The molecule has 0 atom stereocenters. The number of hydrogen-bond donors (Lipinski definition) is 0. The molecule has 0 spiro atoms. The highest BCUT2D eigenvalue weighted by Gasteiger charge is 2.07. The number of thioether (sulfide) groups is 1. The Labute approximate surface area is 100 Å². The first-order valence-electron chi connectivity index (χ1n) is 4.88. The van der Waals surface area contributed by atoms with Crippen LogP contribution in [0.3, 0.4) is 0 Å². The fourth-order valence-corrected chi connectivity index (χ4v) is 1.89. The Kier molecular flexibility index (Phi) is 5.43. The van der Waals surface area contributed by atoms with Crippen LogP contribution in [0.15, 0.2) is 58.9 Å². The molecule has 0 saturated carbocycles. The molecule has 0 radical (unpaired) electrons. The molecule has 0 amide bonds. The van der Waals surface area contributed by atoms with Crippen molar-refractivity contribution in [3.05, 3.63) is 54.0 Å². The maximum Gasteiger partial charge on any atom is 0.334 e. The van der Waals surface area contributed by atoms with Crippen LogP contribution in [0.1, 0.15) is 6.42 Å². The largest absolute Gasteiger partial charge is 0.466 e. The molecule has 0 aromatic heterocycles. The van der Waals surface area contributed by atoms with E-state index in [0.29, 0.717) is 12.0 Å². The smallest absolute Gasteiger partial charge is 0.334 e. The van der Waals surface area contributed by atoms with E-state index < -0.39 is 0 Å². The van der Waals surface area contributed by atoms with Gasteiger partial charge >= 0.3 is 5.97 Å². The number of hydrogen-bond acceptors (Lipinski definition) is 3. The Bertz CT molecular complexity index is 382. The first kappa shape index (κ1) is 12.6. The zero-order valence-corrected chi connectivity index (χ0v) is 10.00. The molecule has 3 heteroatoms. The standard InChI is InChI=1S/C13H14O2S/c1-3-7-11(13(14)15-2)10-16-12-8-5-4-6-9-12/h3-6,8-10H,1,7H2,2H3/b11-10-. The van der Waals surface area contributed by atoms with Crippen LogP contribution >= 0.6 is 11.8 Å². The zero-order valence-electron chi connectivity index (χ0n) is 9.18. The van der Waals surface area contributed by atoms with Crippen LogP contribution in [0.4, 0.5) is 0 Å². The molecule has 84 valence electrons. The normalized spacial score (nSPS) is 10.9. The van der Waals surface area contributed by atoms with Crippen molar-refractivity contribution in [2.24, 2.45) is 0 Å². The molecule has 1 rings (SSSR count). The van der Waals surface area contributed by atoms with E-state index in [2.05, 4.69) is 11.3 Å². The van der Waals surface area contributed by atoms with Crippen LogP contribution in [-0.4, -0.2) is 13.1 Å². The third kappa shape index (κ3) is 3.95. The van der Waals surface area contributed by atoms with E-state index in [1.165, 1.54) is 18.9 Å². The third-order valence-corrected chi connectivity index (χ3v) is 2.84. The third-order valence-electron chi connectivity index (χ3n) is 1.89. The number of rotatable bonds is 5. The fourth-order valence-electron chi connectivity index (χ4n) is 1.10. The molecule has 0 fully saturated rings. The van der Waals surface area contributed by atoms with E-state index in [1.807, 2.05) is 35.7 Å². The lowest BCUT2D eigenvalue weighted by atomic mass is 10.2. The molecule has 0 heterocycles. The molecule has 1 aromatic rings. The van der Waals surface area contributed by atoms with E-state index >= 15 is 0 Å². The summed E-state index contributed by atoms with van der Waals surface area (Å²) in [5.41, 5.74) is 0.617. The van der Waals surface area contributed by atoms with Gasteiger partial charge in [0.2, 0.25) is 0 Å². The monoisotopic (exact) mass is 234 g/mol. The Balaban J connectivity index is 2.71. The van der Waals surface area contributed by atoms with Gasteiger partial charge in [0.05, 0.1) is 7.11 Å². The highest BCUT2D eigenvalue weighted by molar-refractivity contribution is 8.02. The minimum atomic E-state index is -0.302. The quantitative estimate of drug-likeness (QED) is 0.338. The minimum absolute atomic E-state index is 0.302. The van der Waals surface area contributed by atoms with Gasteiger partial charge in [-0.1, -0.05) is 36.0 Å². The second kappa shape index (κ2) is 6.90. The van der Waals surface area contributed by atoms with Gasteiger partial charge in [0.1, 0.15) is 0 Å². The summed E-state index contributed by atoms with van der Waals surface area (Å²) in [6.45, 7) is 3.61. The van der Waals surface area contributed by atoms with Gasteiger partial charge in [-0.3, -0.25) is 0 Å². The summed E-state index contributed by atoms with van der Waals surface area (Å²) in [7, 11) is 1.38. The molecular weight excluding hydrogens is 220 g/mol. The van der Waals surface area contributed by atoms with Gasteiger partial charge in [0.15, 0.2) is 0 Å². The number of ether oxygens (including phenoxy) is 1. The van der Waals surface area contributed by atoms with Crippen LogP contribution in [-0.2, 0) is 9.53 Å².